The van der Waals surface area contributed by atoms with Crippen LogP contribution in [0.15, 0.2) is 48.5 Å². The van der Waals surface area contributed by atoms with Gasteiger partial charge in [0.2, 0.25) is 0 Å². The van der Waals surface area contributed by atoms with Crippen LogP contribution in [0.5, 0.6) is 0 Å². The maximum Gasteiger partial charge on any atom is 0.412 e. The number of amidine groups is 1. The number of imidazole rings is 1. The Morgan fingerprint density at radius 1 is 1.12 bits per heavy atom. The van der Waals surface area contributed by atoms with Gasteiger partial charge in [0, 0.05) is 18.3 Å². The number of hydrogen-bond acceptors (Lipinski definition) is 5. The van der Waals surface area contributed by atoms with Crippen LogP contribution in [-0.4, -0.2) is 28.1 Å². The van der Waals surface area contributed by atoms with Gasteiger partial charge in [-0.25, -0.2) is 9.78 Å². The summed E-state index contributed by atoms with van der Waals surface area (Å²) in [5.41, 5.74) is 3.63. The highest BCUT2D eigenvalue weighted by molar-refractivity contribution is 6.04. The molecule has 0 aliphatic heterocycles. The fourth-order valence-corrected chi connectivity index (χ4v) is 4.51. The first-order chi connectivity index (χ1) is 16.1. The predicted molar refractivity (Wildman–Crippen MR) is 132 cm³/mol. The Kier molecular flexibility index (Phi) is 7.60. The molecule has 1 aromatic heterocycles. The van der Waals surface area contributed by atoms with E-state index in [-0.39, 0.29) is 5.84 Å². The van der Waals surface area contributed by atoms with Gasteiger partial charge < -0.3 is 14.6 Å². The van der Waals surface area contributed by atoms with E-state index in [1.54, 1.807) is 0 Å². The van der Waals surface area contributed by atoms with Crippen LogP contribution in [0, 0.1) is 11.3 Å². The number of carbonyl (C=O) groups excluding carboxylic acids is 1. The summed E-state index contributed by atoms with van der Waals surface area (Å²) < 4.78 is 7.34. The number of nitrogens with zero attached hydrogens (tertiary/aromatic N) is 2. The van der Waals surface area contributed by atoms with Crippen LogP contribution in [-0.2, 0) is 18.3 Å². The molecule has 1 aliphatic carbocycles. The minimum atomic E-state index is -0.562. The first kappa shape index (κ1) is 22.8. The van der Waals surface area contributed by atoms with Crippen molar-refractivity contribution in [1.82, 2.24) is 14.9 Å². The second-order valence-corrected chi connectivity index (χ2v) is 8.79. The molecule has 33 heavy (non-hydrogen) atoms. The summed E-state index contributed by atoms with van der Waals surface area (Å²) in [6, 6.07) is 15.5. The fourth-order valence-electron chi connectivity index (χ4n) is 4.51. The number of para-hydroxylation sites is 2. The molecule has 174 valence electrons. The van der Waals surface area contributed by atoms with Gasteiger partial charge in [0.05, 0.1) is 24.2 Å². The number of aryl methyl sites for hydroxylation is 1. The first-order valence-electron chi connectivity index (χ1n) is 11.9. The van der Waals surface area contributed by atoms with Crippen molar-refractivity contribution in [3.63, 3.8) is 0 Å². The average molecular weight is 448 g/mol. The number of hydrogen-bond donors (Lipinski definition) is 3. The number of benzene rings is 2. The van der Waals surface area contributed by atoms with Crippen molar-refractivity contribution in [2.75, 3.05) is 11.9 Å². The van der Waals surface area contributed by atoms with Gasteiger partial charge in [0.25, 0.3) is 0 Å². The Labute approximate surface area is 195 Å². The number of carbonyl (C=O) groups is 1. The van der Waals surface area contributed by atoms with Crippen LogP contribution >= 0.6 is 0 Å². The molecule has 3 N–H and O–H groups in total. The molecule has 0 atom stereocenters. The molecule has 2 aromatic carbocycles. The molecule has 0 saturated heterocycles. The monoisotopic (exact) mass is 447 g/mol. The largest absolute Gasteiger partial charge is 0.449 e. The van der Waals surface area contributed by atoms with Crippen LogP contribution in [0.2, 0.25) is 0 Å². The van der Waals surface area contributed by atoms with Crippen LogP contribution in [0.25, 0.3) is 11.0 Å². The topological polar surface area (TPSA) is 92.0 Å². The number of alkyl carbamates (subject to hydrolysis) is 1. The quantitative estimate of drug-likeness (QED) is 0.238. The molecule has 1 heterocycles. The third kappa shape index (κ3) is 6.12. The lowest BCUT2D eigenvalue weighted by atomic mass is 9.86. The maximum atomic E-state index is 12.0. The van der Waals surface area contributed by atoms with Gasteiger partial charge in [-0.3, -0.25) is 10.7 Å². The minimum Gasteiger partial charge on any atom is -0.449 e. The summed E-state index contributed by atoms with van der Waals surface area (Å²) in [4.78, 5) is 16.7. The van der Waals surface area contributed by atoms with E-state index in [9.17, 15) is 4.79 Å². The van der Waals surface area contributed by atoms with Crippen LogP contribution in [0.1, 0.15) is 56.3 Å². The summed E-state index contributed by atoms with van der Waals surface area (Å²) >= 11 is 0. The summed E-state index contributed by atoms with van der Waals surface area (Å²) in [7, 11) is 2.01. The fraction of sp³-hybridized carbons (Fsp3) is 0.423. The van der Waals surface area contributed by atoms with Crippen LogP contribution in [0.4, 0.5) is 10.5 Å². The lowest BCUT2D eigenvalue weighted by molar-refractivity contribution is 0.146. The minimum absolute atomic E-state index is 0.0363. The molecule has 7 heteroatoms. The Hall–Kier alpha value is -3.35. The molecule has 0 bridgehead atoms. The maximum absolute atomic E-state index is 12.0. The van der Waals surface area contributed by atoms with E-state index in [1.807, 2.05) is 49.5 Å². The SMILES string of the molecule is Cn1c(CNc2ccc(C(=N)NC(=O)OCCCC3CCCCC3)cc2)nc2ccccc21. The molecular formula is C26H33N5O2. The van der Waals surface area contributed by atoms with Crippen molar-refractivity contribution in [2.45, 2.75) is 51.5 Å². The van der Waals surface area contributed by atoms with Gasteiger partial charge in [-0.1, -0.05) is 44.2 Å². The predicted octanol–water partition coefficient (Wildman–Crippen LogP) is 5.60. The van der Waals surface area contributed by atoms with Crippen LogP contribution < -0.4 is 10.6 Å². The Balaban J connectivity index is 1.20. The molecule has 1 fully saturated rings. The molecule has 1 amide bonds. The highest BCUT2D eigenvalue weighted by Crippen LogP contribution is 2.27. The smallest absolute Gasteiger partial charge is 0.412 e. The van der Waals surface area contributed by atoms with Gasteiger partial charge in [-0.05, 0) is 55.2 Å². The average Bonchev–Trinajstić information content (AvgIpc) is 3.17. The molecule has 1 saturated carbocycles. The Bertz CT molecular complexity index is 1080. The van der Waals surface area contributed by atoms with E-state index in [2.05, 4.69) is 26.3 Å². The number of ether oxygens (including phenoxy) is 1. The van der Waals surface area contributed by atoms with E-state index in [1.165, 1.54) is 32.1 Å². The van der Waals surface area contributed by atoms with Gasteiger partial charge in [-0.15, -0.1) is 0 Å². The number of fused-ring (bicyclic) bond motifs is 1. The number of anilines is 1. The van der Waals surface area contributed by atoms with Crippen molar-refractivity contribution < 1.29 is 9.53 Å². The summed E-state index contributed by atoms with van der Waals surface area (Å²) in [5.74, 6) is 1.77. The van der Waals surface area contributed by atoms with Crippen molar-refractivity contribution in [2.24, 2.45) is 13.0 Å². The zero-order valence-electron chi connectivity index (χ0n) is 19.3. The third-order valence-electron chi connectivity index (χ3n) is 6.45. The Morgan fingerprint density at radius 2 is 1.88 bits per heavy atom. The molecule has 0 unspecified atom stereocenters. The lowest BCUT2D eigenvalue weighted by Crippen LogP contribution is -2.31. The molecule has 7 nitrogen and oxygen atoms in total. The van der Waals surface area contributed by atoms with Crippen LogP contribution in [0.3, 0.4) is 0 Å². The molecule has 1 aliphatic rings. The van der Waals surface area contributed by atoms with Gasteiger partial charge in [0.1, 0.15) is 11.7 Å². The number of aromatic nitrogens is 2. The van der Waals surface area contributed by atoms with Crippen molar-refractivity contribution >= 4 is 28.6 Å². The second kappa shape index (κ2) is 11.0. The molecular weight excluding hydrogens is 414 g/mol. The third-order valence-corrected chi connectivity index (χ3v) is 6.45. The molecule has 3 aromatic rings. The standard InChI is InChI=1S/C26H33N5O2/c1-31-23-12-6-5-11-22(23)29-24(31)18-28-21-15-13-20(14-16-21)25(27)30-26(32)33-17-7-10-19-8-3-2-4-9-19/h5-6,11-16,19,28H,2-4,7-10,17-18H2,1H3,(H2,27,30,32). The van der Waals surface area contributed by atoms with Crippen molar-refractivity contribution in [3.8, 4) is 0 Å². The summed E-state index contributed by atoms with van der Waals surface area (Å²) in [6.45, 7) is 0.994. The van der Waals surface area contributed by atoms with E-state index in [0.717, 1.165) is 41.3 Å². The highest BCUT2D eigenvalue weighted by Gasteiger charge is 2.14. The molecule has 0 radical (unpaired) electrons. The number of rotatable bonds is 8. The van der Waals surface area contributed by atoms with E-state index in [0.29, 0.717) is 18.7 Å². The van der Waals surface area contributed by atoms with Gasteiger partial charge in [-0.2, -0.15) is 0 Å². The lowest BCUT2D eigenvalue weighted by Gasteiger charge is -2.21. The zero-order chi connectivity index (χ0) is 23.0. The highest BCUT2D eigenvalue weighted by atomic mass is 16.5. The first-order valence-corrected chi connectivity index (χ1v) is 11.9. The zero-order valence-corrected chi connectivity index (χ0v) is 19.3. The second-order valence-electron chi connectivity index (χ2n) is 8.79. The van der Waals surface area contributed by atoms with Gasteiger partial charge >= 0.3 is 6.09 Å². The van der Waals surface area contributed by atoms with E-state index >= 15 is 0 Å². The molecule has 0 spiro atoms. The summed E-state index contributed by atoms with van der Waals surface area (Å²) in [5, 5.41) is 14.0. The van der Waals surface area contributed by atoms with Crippen molar-refractivity contribution in [3.05, 3.63) is 59.9 Å². The van der Waals surface area contributed by atoms with E-state index in [4.69, 9.17) is 10.1 Å². The number of nitrogens with one attached hydrogen (secondary N) is 3. The number of amides is 1. The van der Waals surface area contributed by atoms with Crippen molar-refractivity contribution in [1.29, 1.82) is 5.41 Å². The molecule has 4 rings (SSSR count). The summed E-state index contributed by atoms with van der Waals surface area (Å²) in [6.07, 6.45) is 8.07. The van der Waals surface area contributed by atoms with E-state index < -0.39 is 6.09 Å². The normalized spacial score (nSPS) is 14.2. The van der Waals surface area contributed by atoms with Gasteiger partial charge in [0.15, 0.2) is 0 Å². The Morgan fingerprint density at radius 3 is 2.64 bits per heavy atom.